The van der Waals surface area contributed by atoms with E-state index in [9.17, 15) is 4.39 Å². The van der Waals surface area contributed by atoms with E-state index in [-0.39, 0.29) is 17.5 Å². The van der Waals surface area contributed by atoms with Crippen molar-refractivity contribution in [3.63, 3.8) is 0 Å². The van der Waals surface area contributed by atoms with Crippen molar-refractivity contribution in [3.8, 4) is 11.5 Å². The zero-order chi connectivity index (χ0) is 25.6. The summed E-state index contributed by atoms with van der Waals surface area (Å²) < 4.78 is 41.9. The number of piperidine rings is 1. The van der Waals surface area contributed by atoms with E-state index in [0.29, 0.717) is 35.6 Å². The Morgan fingerprint density at radius 2 is 1.70 bits per heavy atom. The van der Waals surface area contributed by atoms with Crippen LogP contribution in [0.5, 0.6) is 11.5 Å². The molecule has 6 heteroatoms. The summed E-state index contributed by atoms with van der Waals surface area (Å²) in [6, 6.07) is 18.9. The molecule has 3 aromatic carbocycles. The Labute approximate surface area is 222 Å². The van der Waals surface area contributed by atoms with E-state index in [0.717, 1.165) is 50.1 Å². The number of fused-ring (bicyclic) bond motifs is 5. The largest absolute Gasteiger partial charge is 0.497 e. The molecule has 2 heterocycles. The zero-order valence-electron chi connectivity index (χ0n) is 21.1. The summed E-state index contributed by atoms with van der Waals surface area (Å²) in [4.78, 5) is 2.60. The Kier molecular flexibility index (Phi) is 6.62. The standard InChI is InChI=1S/C31H32ClF2NO2/c1-36-23-10-6-21(7-11-23)18-35-16-2-3-24-25-19-37-30-27(34)13-12-26(33)29(30)31(25,15-14-28(24)35)17-20-4-8-22(32)9-5-20/h4-13,24-25,28H,2-3,14-19H2,1H3/t24-,25-,28+,31-/m0/s1. The van der Waals surface area contributed by atoms with Crippen LogP contribution < -0.4 is 9.47 Å². The second-order valence-electron chi connectivity index (χ2n) is 10.8. The molecule has 1 saturated heterocycles. The fraction of sp³-hybridized carbons (Fsp3) is 0.419. The molecule has 0 aromatic heterocycles. The molecule has 0 radical (unpaired) electrons. The number of ether oxygens (including phenoxy) is 2. The highest BCUT2D eigenvalue weighted by molar-refractivity contribution is 6.30. The molecule has 3 aliphatic rings. The highest BCUT2D eigenvalue weighted by Crippen LogP contribution is 2.57. The minimum Gasteiger partial charge on any atom is -0.497 e. The molecule has 2 aliphatic heterocycles. The minimum absolute atomic E-state index is 0.101. The van der Waals surface area contributed by atoms with Gasteiger partial charge in [-0.3, -0.25) is 4.90 Å². The molecule has 0 amide bonds. The summed E-state index contributed by atoms with van der Waals surface area (Å²) >= 11 is 6.17. The van der Waals surface area contributed by atoms with E-state index < -0.39 is 11.2 Å². The van der Waals surface area contributed by atoms with Gasteiger partial charge in [-0.15, -0.1) is 0 Å². The van der Waals surface area contributed by atoms with Gasteiger partial charge in [0.15, 0.2) is 11.6 Å². The van der Waals surface area contributed by atoms with Crippen LogP contribution >= 0.6 is 11.6 Å². The van der Waals surface area contributed by atoms with Crippen molar-refractivity contribution in [1.82, 2.24) is 4.90 Å². The SMILES string of the molecule is COc1ccc(CN2CCC[C@@H]3[C@H]2CC[C@@]2(Cc4ccc(Cl)cc4)c4c(F)ccc(F)c4OC[C@@H]32)cc1. The zero-order valence-corrected chi connectivity index (χ0v) is 21.8. The van der Waals surface area contributed by atoms with Crippen LogP contribution in [0, 0.1) is 23.5 Å². The van der Waals surface area contributed by atoms with Crippen molar-refractivity contribution in [2.45, 2.75) is 50.1 Å². The third-order valence-corrected chi connectivity index (χ3v) is 9.25. The van der Waals surface area contributed by atoms with E-state index in [1.165, 1.54) is 17.7 Å². The van der Waals surface area contributed by atoms with Gasteiger partial charge in [-0.1, -0.05) is 35.9 Å². The number of hydrogen-bond donors (Lipinski definition) is 0. The van der Waals surface area contributed by atoms with E-state index in [4.69, 9.17) is 21.1 Å². The number of nitrogens with zero attached hydrogens (tertiary/aromatic N) is 1. The number of likely N-dealkylation sites (tertiary alicyclic amines) is 1. The molecule has 0 bridgehead atoms. The molecule has 37 heavy (non-hydrogen) atoms. The van der Waals surface area contributed by atoms with Crippen molar-refractivity contribution in [1.29, 1.82) is 0 Å². The van der Waals surface area contributed by atoms with Gasteiger partial charge in [0.25, 0.3) is 0 Å². The molecule has 0 spiro atoms. The average molecular weight is 524 g/mol. The Hall–Kier alpha value is -2.63. The van der Waals surface area contributed by atoms with Crippen molar-refractivity contribution in [3.05, 3.63) is 94.0 Å². The number of halogens is 3. The predicted octanol–water partition coefficient (Wildman–Crippen LogP) is 7.19. The first-order valence-corrected chi connectivity index (χ1v) is 13.6. The summed E-state index contributed by atoms with van der Waals surface area (Å²) in [7, 11) is 1.68. The van der Waals surface area contributed by atoms with Crippen LogP contribution in [0.2, 0.25) is 5.02 Å². The van der Waals surface area contributed by atoms with Gasteiger partial charge in [-0.05, 0) is 92.1 Å². The van der Waals surface area contributed by atoms with Crippen molar-refractivity contribution in [2.24, 2.45) is 11.8 Å². The first kappa shape index (κ1) is 24.7. The lowest BCUT2D eigenvalue weighted by molar-refractivity contribution is -0.0505. The second kappa shape index (κ2) is 9.92. The van der Waals surface area contributed by atoms with Gasteiger partial charge in [0.2, 0.25) is 0 Å². The van der Waals surface area contributed by atoms with E-state index in [2.05, 4.69) is 17.0 Å². The number of methoxy groups -OCH3 is 1. The maximum absolute atomic E-state index is 15.6. The normalized spacial score (nSPS) is 27.0. The second-order valence-corrected chi connectivity index (χ2v) is 11.3. The minimum atomic E-state index is -0.516. The third-order valence-electron chi connectivity index (χ3n) is 9.00. The first-order valence-electron chi connectivity index (χ1n) is 13.2. The van der Waals surface area contributed by atoms with Crippen LogP contribution in [0.1, 0.15) is 42.4 Å². The fourth-order valence-electron chi connectivity index (χ4n) is 7.37. The van der Waals surface area contributed by atoms with Gasteiger partial charge in [0.1, 0.15) is 11.6 Å². The Morgan fingerprint density at radius 3 is 2.46 bits per heavy atom. The number of rotatable bonds is 5. The monoisotopic (exact) mass is 523 g/mol. The molecule has 1 saturated carbocycles. The van der Waals surface area contributed by atoms with Crippen LogP contribution in [0.25, 0.3) is 0 Å². The van der Waals surface area contributed by atoms with Gasteiger partial charge in [-0.25, -0.2) is 8.78 Å². The lowest BCUT2D eigenvalue weighted by Crippen LogP contribution is -2.59. The molecule has 0 N–H and O–H groups in total. The van der Waals surface area contributed by atoms with Gasteiger partial charge in [0, 0.05) is 34.5 Å². The maximum atomic E-state index is 15.6. The highest BCUT2D eigenvalue weighted by atomic mass is 35.5. The smallest absolute Gasteiger partial charge is 0.165 e. The van der Waals surface area contributed by atoms with Gasteiger partial charge >= 0.3 is 0 Å². The lowest BCUT2D eigenvalue weighted by Gasteiger charge is -2.57. The van der Waals surface area contributed by atoms with Crippen molar-refractivity contribution in [2.75, 3.05) is 20.3 Å². The predicted molar refractivity (Wildman–Crippen MR) is 141 cm³/mol. The molecule has 1 aliphatic carbocycles. The summed E-state index contributed by atoms with van der Waals surface area (Å²) in [5, 5.41) is 0.674. The topological polar surface area (TPSA) is 21.7 Å². The maximum Gasteiger partial charge on any atom is 0.165 e. The molecule has 3 aromatic rings. The van der Waals surface area contributed by atoms with Gasteiger partial charge in [0.05, 0.1) is 13.7 Å². The molecular formula is C31H32ClF2NO2. The number of benzene rings is 3. The highest BCUT2D eigenvalue weighted by Gasteiger charge is 2.56. The van der Waals surface area contributed by atoms with Crippen LogP contribution in [-0.4, -0.2) is 31.2 Å². The molecule has 2 fully saturated rings. The molecule has 4 atom stereocenters. The number of hydrogen-bond acceptors (Lipinski definition) is 3. The average Bonchev–Trinajstić information content (AvgIpc) is 2.92. The summed E-state index contributed by atoms with van der Waals surface area (Å²) in [5.41, 5.74) is 2.27. The Morgan fingerprint density at radius 1 is 0.973 bits per heavy atom. The Balaban J connectivity index is 1.36. The van der Waals surface area contributed by atoms with Crippen molar-refractivity contribution >= 4 is 11.6 Å². The van der Waals surface area contributed by atoms with Crippen LogP contribution in [0.15, 0.2) is 60.7 Å². The molecule has 194 valence electrons. The quantitative estimate of drug-likeness (QED) is 0.353. The third kappa shape index (κ3) is 4.40. The van der Waals surface area contributed by atoms with E-state index in [1.54, 1.807) is 7.11 Å². The first-order chi connectivity index (χ1) is 18.0. The molecular weight excluding hydrogens is 492 g/mol. The summed E-state index contributed by atoms with van der Waals surface area (Å²) in [6.45, 7) is 2.34. The van der Waals surface area contributed by atoms with Crippen molar-refractivity contribution < 1.29 is 18.3 Å². The van der Waals surface area contributed by atoms with Gasteiger partial charge in [-0.2, -0.15) is 0 Å². The van der Waals surface area contributed by atoms with Crippen LogP contribution in [0.3, 0.4) is 0 Å². The summed E-state index contributed by atoms with van der Waals surface area (Å²) in [5.74, 6) is 0.580. The van der Waals surface area contributed by atoms with Crippen LogP contribution in [-0.2, 0) is 18.4 Å². The fourth-order valence-corrected chi connectivity index (χ4v) is 7.49. The lowest BCUT2D eigenvalue weighted by atomic mass is 9.53. The molecule has 0 unspecified atom stereocenters. The van der Waals surface area contributed by atoms with Crippen LogP contribution in [0.4, 0.5) is 8.78 Å². The molecule has 6 rings (SSSR count). The summed E-state index contributed by atoms with van der Waals surface area (Å²) in [6.07, 6.45) is 4.54. The Bertz CT molecular complexity index is 1270. The van der Waals surface area contributed by atoms with E-state index >= 15 is 4.39 Å². The van der Waals surface area contributed by atoms with Gasteiger partial charge < -0.3 is 9.47 Å². The van der Waals surface area contributed by atoms with E-state index in [1.807, 2.05) is 36.4 Å². The molecule has 3 nitrogen and oxygen atoms in total.